The normalized spacial score (nSPS) is 11.3. The van der Waals surface area contributed by atoms with Gasteiger partial charge in [0.05, 0.1) is 12.2 Å². The Hall–Kier alpha value is -2.28. The van der Waals surface area contributed by atoms with Crippen molar-refractivity contribution in [3.63, 3.8) is 0 Å². The summed E-state index contributed by atoms with van der Waals surface area (Å²) in [5, 5.41) is 11.4. The lowest BCUT2D eigenvalue weighted by atomic mass is 10.3. The van der Waals surface area contributed by atoms with Crippen molar-refractivity contribution in [2.45, 2.75) is 26.9 Å². The van der Waals surface area contributed by atoms with E-state index >= 15 is 0 Å². The molecule has 0 radical (unpaired) electrons. The maximum atomic E-state index is 4.90. The molecule has 0 aromatic carbocycles. The van der Waals surface area contributed by atoms with Crippen LogP contribution in [-0.2, 0) is 13.1 Å². The summed E-state index contributed by atoms with van der Waals surface area (Å²) < 4.78 is 6.68. The van der Waals surface area contributed by atoms with Crippen molar-refractivity contribution in [1.82, 2.24) is 30.1 Å². The van der Waals surface area contributed by atoms with Crippen molar-refractivity contribution in [2.75, 3.05) is 0 Å². The maximum absolute atomic E-state index is 4.90. The molecule has 3 aromatic rings. The van der Waals surface area contributed by atoms with Crippen LogP contribution in [0.1, 0.15) is 23.0 Å². The molecule has 0 aliphatic rings. The van der Waals surface area contributed by atoms with Gasteiger partial charge in [-0.25, -0.2) is 9.50 Å². The van der Waals surface area contributed by atoms with E-state index in [0.717, 1.165) is 16.9 Å². The largest absolute Gasteiger partial charge is 0.340 e. The van der Waals surface area contributed by atoms with Crippen LogP contribution < -0.4 is 5.32 Å². The number of hydrogen-bond acceptors (Lipinski definition) is 6. The first-order valence-corrected chi connectivity index (χ1v) is 6.01. The molecule has 0 bridgehead atoms. The van der Waals surface area contributed by atoms with Gasteiger partial charge in [-0.05, 0) is 6.92 Å². The third kappa shape index (κ3) is 2.60. The highest BCUT2D eigenvalue weighted by Crippen LogP contribution is 2.04. The van der Waals surface area contributed by atoms with Crippen LogP contribution in [0, 0.1) is 13.8 Å². The minimum Gasteiger partial charge on any atom is -0.340 e. The minimum absolute atomic E-state index is 0.563. The Bertz CT molecular complexity index is 701. The number of fused-ring (bicyclic) bond motifs is 1. The zero-order valence-electron chi connectivity index (χ0n) is 10.8. The fourth-order valence-corrected chi connectivity index (χ4v) is 1.86. The number of hydrogen-bond donors (Lipinski definition) is 1. The van der Waals surface area contributed by atoms with Crippen molar-refractivity contribution >= 4 is 5.65 Å². The zero-order chi connectivity index (χ0) is 13.2. The summed E-state index contributed by atoms with van der Waals surface area (Å²) in [5.74, 6) is 1.23. The van der Waals surface area contributed by atoms with E-state index in [4.69, 9.17) is 4.52 Å². The summed E-state index contributed by atoms with van der Waals surface area (Å²) in [7, 11) is 0. The van der Waals surface area contributed by atoms with Crippen LogP contribution in [0.5, 0.6) is 0 Å². The maximum Gasteiger partial charge on any atom is 0.223 e. The van der Waals surface area contributed by atoms with Crippen LogP contribution in [0.3, 0.4) is 0 Å². The predicted octanol–water partition coefficient (Wildman–Crippen LogP) is 1.02. The molecule has 0 fully saturated rings. The first kappa shape index (κ1) is 11.8. The molecular formula is C12H14N6O. The lowest BCUT2D eigenvalue weighted by Crippen LogP contribution is -2.14. The van der Waals surface area contributed by atoms with Gasteiger partial charge in [-0.2, -0.15) is 10.1 Å². The van der Waals surface area contributed by atoms with Gasteiger partial charge in [0.25, 0.3) is 0 Å². The highest BCUT2D eigenvalue weighted by atomic mass is 16.5. The average Bonchev–Trinajstić information content (AvgIpc) is 2.94. The van der Waals surface area contributed by atoms with Gasteiger partial charge < -0.3 is 9.84 Å². The molecule has 7 heteroatoms. The Morgan fingerprint density at radius 3 is 3.00 bits per heavy atom. The highest BCUT2D eigenvalue weighted by Gasteiger charge is 2.03. The standard InChI is InChI=1S/C12H14N6O/c1-8-3-12-14-5-10(7-18(12)16-8)4-13-6-11-15-9(2)19-17-11/h3,5,7,13H,4,6H2,1-2H3. The number of nitrogens with zero attached hydrogens (tertiary/aromatic N) is 5. The molecular weight excluding hydrogens is 244 g/mol. The van der Waals surface area contributed by atoms with Gasteiger partial charge >= 0.3 is 0 Å². The van der Waals surface area contributed by atoms with Crippen molar-refractivity contribution in [3.8, 4) is 0 Å². The average molecular weight is 258 g/mol. The van der Waals surface area contributed by atoms with Gasteiger partial charge in [0.15, 0.2) is 11.5 Å². The summed E-state index contributed by atoms with van der Waals surface area (Å²) in [4.78, 5) is 8.46. The van der Waals surface area contributed by atoms with E-state index < -0.39 is 0 Å². The molecule has 0 aliphatic carbocycles. The molecule has 1 N–H and O–H groups in total. The van der Waals surface area contributed by atoms with E-state index in [9.17, 15) is 0 Å². The summed E-state index contributed by atoms with van der Waals surface area (Å²) in [6, 6.07) is 1.94. The van der Waals surface area contributed by atoms with Crippen LogP contribution in [0.2, 0.25) is 0 Å². The molecule has 3 rings (SSSR count). The molecule has 0 amide bonds. The van der Waals surface area contributed by atoms with E-state index in [0.29, 0.717) is 24.8 Å². The fourth-order valence-electron chi connectivity index (χ4n) is 1.86. The quantitative estimate of drug-likeness (QED) is 0.752. The summed E-state index contributed by atoms with van der Waals surface area (Å²) in [6.07, 6.45) is 3.80. The molecule has 7 nitrogen and oxygen atoms in total. The Kier molecular flexibility index (Phi) is 2.96. The highest BCUT2D eigenvalue weighted by molar-refractivity contribution is 5.38. The van der Waals surface area contributed by atoms with Gasteiger partial charge in [-0.15, -0.1) is 0 Å². The molecule has 98 valence electrons. The topological polar surface area (TPSA) is 81.1 Å². The molecule has 3 aromatic heterocycles. The molecule has 0 spiro atoms. The van der Waals surface area contributed by atoms with Crippen LogP contribution in [0.25, 0.3) is 5.65 Å². The second-order valence-electron chi connectivity index (χ2n) is 4.38. The molecule has 0 aliphatic heterocycles. The molecule has 19 heavy (non-hydrogen) atoms. The Balaban J connectivity index is 1.64. The van der Waals surface area contributed by atoms with Gasteiger partial charge in [0, 0.05) is 37.5 Å². The molecule has 3 heterocycles. The molecule has 0 saturated carbocycles. The summed E-state index contributed by atoms with van der Waals surface area (Å²) in [6.45, 7) is 4.96. The van der Waals surface area contributed by atoms with Crippen molar-refractivity contribution in [1.29, 1.82) is 0 Å². The second kappa shape index (κ2) is 4.77. The van der Waals surface area contributed by atoms with Crippen molar-refractivity contribution in [3.05, 3.63) is 41.4 Å². The van der Waals surface area contributed by atoms with Gasteiger partial charge in [-0.1, -0.05) is 5.16 Å². The Morgan fingerprint density at radius 1 is 1.32 bits per heavy atom. The first-order valence-electron chi connectivity index (χ1n) is 6.01. The van der Waals surface area contributed by atoms with Crippen LogP contribution in [-0.4, -0.2) is 24.7 Å². The number of aryl methyl sites for hydroxylation is 2. The zero-order valence-corrected chi connectivity index (χ0v) is 10.8. The monoisotopic (exact) mass is 258 g/mol. The second-order valence-corrected chi connectivity index (χ2v) is 4.38. The van der Waals surface area contributed by atoms with E-state index in [2.05, 4.69) is 25.5 Å². The van der Waals surface area contributed by atoms with E-state index in [1.54, 1.807) is 11.4 Å². The van der Waals surface area contributed by atoms with E-state index in [1.165, 1.54) is 0 Å². The fraction of sp³-hybridized carbons (Fsp3) is 0.333. The lowest BCUT2D eigenvalue weighted by Gasteiger charge is -2.02. The first-order chi connectivity index (χ1) is 9.20. The lowest BCUT2D eigenvalue weighted by molar-refractivity contribution is 0.385. The minimum atomic E-state index is 0.563. The van der Waals surface area contributed by atoms with E-state index in [1.807, 2.05) is 25.4 Å². The number of aromatic nitrogens is 5. The van der Waals surface area contributed by atoms with E-state index in [-0.39, 0.29) is 0 Å². The summed E-state index contributed by atoms with van der Waals surface area (Å²) >= 11 is 0. The number of nitrogens with one attached hydrogen (secondary N) is 1. The van der Waals surface area contributed by atoms with Crippen LogP contribution in [0.15, 0.2) is 23.0 Å². The number of rotatable bonds is 4. The van der Waals surface area contributed by atoms with Gasteiger partial charge in [-0.3, -0.25) is 0 Å². The molecule has 0 saturated heterocycles. The summed E-state index contributed by atoms with van der Waals surface area (Å²) in [5.41, 5.74) is 2.87. The Labute approximate surface area is 109 Å². The smallest absolute Gasteiger partial charge is 0.223 e. The third-order valence-corrected chi connectivity index (χ3v) is 2.67. The van der Waals surface area contributed by atoms with Gasteiger partial charge in [0.2, 0.25) is 5.89 Å². The van der Waals surface area contributed by atoms with Gasteiger partial charge in [0.1, 0.15) is 0 Å². The Morgan fingerprint density at radius 2 is 2.21 bits per heavy atom. The third-order valence-electron chi connectivity index (χ3n) is 2.67. The van der Waals surface area contributed by atoms with Crippen molar-refractivity contribution < 1.29 is 4.52 Å². The molecule has 0 atom stereocenters. The predicted molar refractivity (Wildman–Crippen MR) is 67.3 cm³/mol. The van der Waals surface area contributed by atoms with Crippen LogP contribution >= 0.6 is 0 Å². The van der Waals surface area contributed by atoms with Crippen LogP contribution in [0.4, 0.5) is 0 Å². The van der Waals surface area contributed by atoms with Crippen molar-refractivity contribution in [2.24, 2.45) is 0 Å². The molecule has 0 unspecified atom stereocenters. The SMILES string of the molecule is Cc1cc2ncc(CNCc3noc(C)n3)cn2n1.